The number of hydrogen-bond acceptors (Lipinski definition) is 4. The average Bonchev–Trinajstić information content (AvgIpc) is 2.66. The lowest BCUT2D eigenvalue weighted by molar-refractivity contribution is 0.195. The van der Waals surface area contributed by atoms with Gasteiger partial charge < -0.3 is 10.0 Å². The maximum atomic E-state index is 9.57. The number of aromatic nitrogens is 1. The van der Waals surface area contributed by atoms with E-state index in [-0.39, 0.29) is 0 Å². The van der Waals surface area contributed by atoms with Gasteiger partial charge in [0.05, 0.1) is 11.8 Å². The number of anilines is 1. The van der Waals surface area contributed by atoms with Gasteiger partial charge in [-0.05, 0) is 37.5 Å². The van der Waals surface area contributed by atoms with Crippen molar-refractivity contribution in [1.82, 2.24) is 4.98 Å². The van der Waals surface area contributed by atoms with Crippen LogP contribution in [0.2, 0.25) is 0 Å². The number of aliphatic hydroxyl groups excluding tert-OH is 1. The number of nitrogens with zero attached hydrogens (tertiary/aromatic N) is 2. The normalized spacial score (nSPS) is 23.2. The summed E-state index contributed by atoms with van der Waals surface area (Å²) < 4.78 is 0. The van der Waals surface area contributed by atoms with Crippen LogP contribution in [0.15, 0.2) is 5.38 Å². The van der Waals surface area contributed by atoms with Crippen molar-refractivity contribution < 1.29 is 5.11 Å². The van der Waals surface area contributed by atoms with Gasteiger partial charge in [-0.25, -0.2) is 4.98 Å². The van der Waals surface area contributed by atoms with E-state index in [1.807, 2.05) is 5.38 Å². The summed E-state index contributed by atoms with van der Waals surface area (Å²) in [6.45, 7) is 11.0. The third kappa shape index (κ3) is 3.69. The Bertz CT molecular complexity index is 409. The maximum absolute atomic E-state index is 9.57. The van der Waals surface area contributed by atoms with Crippen LogP contribution in [0.1, 0.15) is 58.8 Å². The van der Waals surface area contributed by atoms with Crippen LogP contribution in [0, 0.1) is 11.3 Å². The van der Waals surface area contributed by atoms with Crippen molar-refractivity contribution in [2.24, 2.45) is 11.3 Å². The summed E-state index contributed by atoms with van der Waals surface area (Å²) in [5.41, 5.74) is 1.21. The Morgan fingerprint density at radius 1 is 1.37 bits per heavy atom. The van der Waals surface area contributed by atoms with Crippen LogP contribution in [-0.4, -0.2) is 23.2 Å². The molecule has 108 valence electrons. The van der Waals surface area contributed by atoms with E-state index in [9.17, 15) is 5.11 Å². The molecule has 0 bridgehead atoms. The molecule has 4 heteroatoms. The molecule has 0 aliphatic carbocycles. The summed E-state index contributed by atoms with van der Waals surface area (Å²) in [7, 11) is 0. The molecular weight excluding hydrogens is 256 g/mol. The van der Waals surface area contributed by atoms with Gasteiger partial charge in [-0.2, -0.15) is 0 Å². The van der Waals surface area contributed by atoms with E-state index in [0.717, 1.165) is 29.8 Å². The van der Waals surface area contributed by atoms with Gasteiger partial charge in [-0.3, -0.25) is 0 Å². The number of aliphatic hydroxyl groups is 1. The lowest BCUT2D eigenvalue weighted by atomic mass is 9.77. The van der Waals surface area contributed by atoms with Crippen molar-refractivity contribution in [3.05, 3.63) is 11.1 Å². The van der Waals surface area contributed by atoms with E-state index in [1.165, 1.54) is 19.3 Å². The highest BCUT2D eigenvalue weighted by atomic mass is 32.1. The summed E-state index contributed by atoms with van der Waals surface area (Å²) >= 11 is 1.66. The van der Waals surface area contributed by atoms with E-state index in [1.54, 1.807) is 18.3 Å². The third-order valence-corrected chi connectivity index (χ3v) is 5.08. The van der Waals surface area contributed by atoms with Crippen LogP contribution in [0.25, 0.3) is 0 Å². The summed E-state index contributed by atoms with van der Waals surface area (Å²) in [5.74, 6) is 0.800. The molecule has 0 radical (unpaired) electrons. The fraction of sp³-hybridized carbons (Fsp3) is 0.800. The monoisotopic (exact) mass is 282 g/mol. The first-order valence-electron chi connectivity index (χ1n) is 7.26. The second-order valence-corrected chi connectivity index (χ2v) is 7.55. The molecule has 1 aromatic rings. The first-order chi connectivity index (χ1) is 8.88. The maximum Gasteiger partial charge on any atom is 0.185 e. The highest BCUT2D eigenvalue weighted by molar-refractivity contribution is 7.13. The molecule has 0 spiro atoms. The number of thiazole rings is 1. The minimum Gasteiger partial charge on any atom is -0.387 e. The highest BCUT2D eigenvalue weighted by Gasteiger charge is 2.27. The Kier molecular flexibility index (Phi) is 4.51. The van der Waals surface area contributed by atoms with E-state index in [0.29, 0.717) is 5.41 Å². The van der Waals surface area contributed by atoms with Crippen LogP contribution >= 0.6 is 11.3 Å². The molecule has 19 heavy (non-hydrogen) atoms. The second-order valence-electron chi connectivity index (χ2n) is 6.71. The summed E-state index contributed by atoms with van der Waals surface area (Å²) in [4.78, 5) is 6.95. The minimum absolute atomic E-state index is 0.406. The van der Waals surface area contributed by atoms with Gasteiger partial charge in [-0.15, -0.1) is 11.3 Å². The van der Waals surface area contributed by atoms with Crippen molar-refractivity contribution in [2.45, 2.75) is 53.1 Å². The largest absolute Gasteiger partial charge is 0.387 e. The van der Waals surface area contributed by atoms with E-state index >= 15 is 0 Å². The van der Waals surface area contributed by atoms with Crippen molar-refractivity contribution >= 4 is 16.5 Å². The number of rotatable bonds is 2. The molecule has 1 aromatic heterocycles. The van der Waals surface area contributed by atoms with Crippen molar-refractivity contribution in [1.29, 1.82) is 0 Å². The number of hydrogen-bond donors (Lipinski definition) is 1. The molecule has 3 nitrogen and oxygen atoms in total. The van der Waals surface area contributed by atoms with Gasteiger partial charge in [0.15, 0.2) is 5.13 Å². The SMILES string of the molecule is CC(O)c1csc(N2CCCC(C(C)(C)C)CC2)n1. The van der Waals surface area contributed by atoms with Gasteiger partial charge in [0.1, 0.15) is 0 Å². The molecule has 1 aliphatic rings. The van der Waals surface area contributed by atoms with Gasteiger partial charge in [-0.1, -0.05) is 20.8 Å². The minimum atomic E-state index is -0.459. The molecule has 1 aliphatic heterocycles. The molecule has 2 rings (SSSR count). The van der Waals surface area contributed by atoms with E-state index in [2.05, 4.69) is 30.7 Å². The zero-order valence-corrected chi connectivity index (χ0v) is 13.3. The molecule has 2 unspecified atom stereocenters. The predicted octanol–water partition coefficient (Wildman–Crippen LogP) is 3.85. The van der Waals surface area contributed by atoms with E-state index < -0.39 is 6.10 Å². The molecule has 0 saturated carbocycles. The fourth-order valence-corrected chi connectivity index (χ4v) is 3.73. The van der Waals surface area contributed by atoms with Crippen molar-refractivity contribution in [3.63, 3.8) is 0 Å². The fourth-order valence-electron chi connectivity index (χ4n) is 2.77. The molecule has 2 atom stereocenters. The Morgan fingerprint density at radius 2 is 2.11 bits per heavy atom. The second kappa shape index (κ2) is 5.80. The first kappa shape index (κ1) is 14.8. The molecule has 0 amide bonds. The van der Waals surface area contributed by atoms with Crippen LogP contribution in [-0.2, 0) is 0 Å². The molecule has 2 heterocycles. The van der Waals surface area contributed by atoms with Gasteiger partial charge in [0.2, 0.25) is 0 Å². The van der Waals surface area contributed by atoms with Crippen molar-refractivity contribution in [2.75, 3.05) is 18.0 Å². The van der Waals surface area contributed by atoms with Gasteiger partial charge in [0.25, 0.3) is 0 Å². The first-order valence-corrected chi connectivity index (χ1v) is 8.14. The molecule has 1 N–H and O–H groups in total. The summed E-state index contributed by atoms with van der Waals surface area (Å²) in [5, 5.41) is 12.6. The van der Waals surface area contributed by atoms with Crippen LogP contribution in [0.4, 0.5) is 5.13 Å². The Labute approximate surface area is 120 Å². The smallest absolute Gasteiger partial charge is 0.185 e. The Balaban J connectivity index is 2.02. The predicted molar refractivity (Wildman–Crippen MR) is 81.8 cm³/mol. The molecule has 1 fully saturated rings. The topological polar surface area (TPSA) is 36.4 Å². The average molecular weight is 282 g/mol. The summed E-state index contributed by atoms with van der Waals surface area (Å²) in [6.07, 6.45) is 3.34. The lowest BCUT2D eigenvalue weighted by Crippen LogP contribution is -2.26. The van der Waals surface area contributed by atoms with Crippen LogP contribution < -0.4 is 4.90 Å². The molecule has 1 saturated heterocycles. The third-order valence-electron chi connectivity index (χ3n) is 4.16. The van der Waals surface area contributed by atoms with Crippen molar-refractivity contribution in [3.8, 4) is 0 Å². The summed E-state index contributed by atoms with van der Waals surface area (Å²) in [6, 6.07) is 0. The van der Waals surface area contributed by atoms with E-state index in [4.69, 9.17) is 0 Å². The van der Waals surface area contributed by atoms with Crippen LogP contribution in [0.5, 0.6) is 0 Å². The zero-order chi connectivity index (χ0) is 14.0. The lowest BCUT2D eigenvalue weighted by Gasteiger charge is -2.29. The van der Waals surface area contributed by atoms with Gasteiger partial charge >= 0.3 is 0 Å². The molecular formula is C15H26N2OS. The van der Waals surface area contributed by atoms with Crippen LogP contribution in [0.3, 0.4) is 0 Å². The Morgan fingerprint density at radius 3 is 2.68 bits per heavy atom. The zero-order valence-electron chi connectivity index (χ0n) is 12.5. The Hall–Kier alpha value is -0.610. The van der Waals surface area contributed by atoms with Gasteiger partial charge in [0, 0.05) is 18.5 Å². The molecule has 0 aromatic carbocycles. The highest BCUT2D eigenvalue weighted by Crippen LogP contribution is 2.35. The quantitative estimate of drug-likeness (QED) is 0.895. The standard InChI is InChI=1S/C15H26N2OS/c1-11(18)13-10-19-14(16-13)17-8-5-6-12(7-9-17)15(2,3)4/h10-12,18H,5-9H2,1-4H3.